The van der Waals surface area contributed by atoms with Crippen LogP contribution < -0.4 is 10.5 Å². The van der Waals surface area contributed by atoms with E-state index in [4.69, 9.17) is 33.7 Å². The van der Waals surface area contributed by atoms with Crippen LogP contribution in [0.2, 0.25) is 10.0 Å². The third-order valence-electron chi connectivity index (χ3n) is 5.11. The molecule has 29 heavy (non-hydrogen) atoms. The van der Waals surface area contributed by atoms with Gasteiger partial charge >= 0.3 is 0 Å². The predicted molar refractivity (Wildman–Crippen MR) is 113 cm³/mol. The zero-order chi connectivity index (χ0) is 21.1. The van der Waals surface area contributed by atoms with Crippen LogP contribution in [0.25, 0.3) is 0 Å². The zero-order valence-corrected chi connectivity index (χ0v) is 18.0. The first kappa shape index (κ1) is 21.9. The summed E-state index contributed by atoms with van der Waals surface area (Å²) in [7, 11) is -3.66. The molecule has 1 amide bonds. The Morgan fingerprint density at radius 3 is 2.28 bits per heavy atom. The first-order chi connectivity index (χ1) is 13.7. The predicted octanol–water partition coefficient (Wildman–Crippen LogP) is 3.72. The Hall–Kier alpha value is -1.80. The summed E-state index contributed by atoms with van der Waals surface area (Å²) < 4.78 is 33.1. The smallest absolute Gasteiger partial charge is 0.243 e. The second-order valence-corrected chi connectivity index (χ2v) is 10.1. The van der Waals surface area contributed by atoms with Crippen LogP contribution in [0.3, 0.4) is 0 Å². The number of ether oxygens (including phenoxy) is 1. The summed E-state index contributed by atoms with van der Waals surface area (Å²) >= 11 is 11.9. The van der Waals surface area contributed by atoms with Gasteiger partial charge in [0.25, 0.3) is 0 Å². The molecule has 3 rings (SSSR count). The number of halogens is 2. The van der Waals surface area contributed by atoms with Crippen molar-refractivity contribution in [3.63, 3.8) is 0 Å². The molecule has 0 radical (unpaired) electrons. The van der Waals surface area contributed by atoms with E-state index in [1.807, 2.05) is 0 Å². The number of nitrogens with two attached hydrogens (primary N) is 1. The maximum Gasteiger partial charge on any atom is 0.243 e. The quantitative estimate of drug-likeness (QED) is 0.687. The molecule has 0 aromatic heterocycles. The number of rotatable bonds is 7. The molecular weight excluding hydrogens is 435 g/mol. The van der Waals surface area contributed by atoms with Gasteiger partial charge in [-0.05, 0) is 49.2 Å². The molecule has 1 aliphatic rings. The number of sulfonamides is 1. The van der Waals surface area contributed by atoms with Crippen LogP contribution >= 0.6 is 23.2 Å². The molecule has 0 unspecified atom stereocenters. The number of carbonyl (C=O) groups is 1. The van der Waals surface area contributed by atoms with E-state index in [2.05, 4.69) is 0 Å². The van der Waals surface area contributed by atoms with Crippen LogP contribution in [0.15, 0.2) is 53.4 Å². The van der Waals surface area contributed by atoms with Gasteiger partial charge in [-0.2, -0.15) is 4.31 Å². The summed E-state index contributed by atoms with van der Waals surface area (Å²) in [6.45, 7) is 0.781. The van der Waals surface area contributed by atoms with E-state index < -0.39 is 21.3 Å². The highest BCUT2D eigenvalue weighted by atomic mass is 35.5. The molecule has 1 fully saturated rings. The van der Waals surface area contributed by atoms with Crippen molar-refractivity contribution in [2.75, 3.05) is 19.7 Å². The minimum absolute atomic E-state index is 0.124. The first-order valence-electron chi connectivity index (χ1n) is 9.13. The summed E-state index contributed by atoms with van der Waals surface area (Å²) in [6, 6.07) is 13.2. The molecule has 2 aromatic carbocycles. The SMILES string of the molecule is NC(=O)CC1(COc2cccc(Cl)c2)CCN(S(=O)(=O)c2cccc(Cl)c2)CC1. The molecule has 1 saturated heterocycles. The summed E-state index contributed by atoms with van der Waals surface area (Å²) in [5.74, 6) is 0.154. The van der Waals surface area contributed by atoms with Crippen molar-refractivity contribution in [2.45, 2.75) is 24.2 Å². The van der Waals surface area contributed by atoms with Crippen molar-refractivity contribution >= 4 is 39.1 Å². The number of hydrogen-bond acceptors (Lipinski definition) is 4. The molecule has 0 atom stereocenters. The van der Waals surface area contributed by atoms with E-state index in [9.17, 15) is 13.2 Å². The normalized spacial score (nSPS) is 17.0. The van der Waals surface area contributed by atoms with E-state index in [0.29, 0.717) is 28.6 Å². The highest BCUT2D eigenvalue weighted by Crippen LogP contribution is 2.37. The van der Waals surface area contributed by atoms with Crippen LogP contribution in [-0.2, 0) is 14.8 Å². The van der Waals surface area contributed by atoms with E-state index in [0.717, 1.165) is 0 Å². The molecule has 0 bridgehead atoms. The molecule has 2 N–H and O–H groups in total. The van der Waals surface area contributed by atoms with Crippen molar-refractivity contribution in [1.82, 2.24) is 4.31 Å². The van der Waals surface area contributed by atoms with Gasteiger partial charge < -0.3 is 10.5 Å². The van der Waals surface area contributed by atoms with Crippen LogP contribution in [0.1, 0.15) is 19.3 Å². The number of piperidine rings is 1. The van der Waals surface area contributed by atoms with Crippen molar-refractivity contribution in [3.8, 4) is 5.75 Å². The van der Waals surface area contributed by atoms with Gasteiger partial charge in [0.1, 0.15) is 5.75 Å². The van der Waals surface area contributed by atoms with E-state index >= 15 is 0 Å². The van der Waals surface area contributed by atoms with Crippen molar-refractivity contribution in [1.29, 1.82) is 0 Å². The Bertz CT molecular complexity index is 989. The average Bonchev–Trinajstić information content (AvgIpc) is 2.66. The van der Waals surface area contributed by atoms with Crippen LogP contribution in [0.5, 0.6) is 5.75 Å². The van der Waals surface area contributed by atoms with Gasteiger partial charge in [0.15, 0.2) is 0 Å². The minimum atomic E-state index is -3.66. The molecule has 1 heterocycles. The fraction of sp³-hybridized carbons (Fsp3) is 0.350. The van der Waals surface area contributed by atoms with Crippen LogP contribution in [0.4, 0.5) is 0 Å². The molecule has 0 aliphatic carbocycles. The third-order valence-corrected chi connectivity index (χ3v) is 7.47. The molecular formula is C20H22Cl2N2O4S. The van der Waals surface area contributed by atoms with Crippen molar-refractivity contribution in [2.24, 2.45) is 11.1 Å². The molecule has 1 aliphatic heterocycles. The number of nitrogens with zero attached hydrogens (tertiary/aromatic N) is 1. The van der Waals surface area contributed by atoms with Gasteiger partial charge in [0, 0.05) is 35.0 Å². The van der Waals surface area contributed by atoms with Crippen molar-refractivity contribution < 1.29 is 17.9 Å². The number of hydrogen-bond donors (Lipinski definition) is 1. The van der Waals surface area contributed by atoms with Gasteiger partial charge in [-0.1, -0.05) is 35.3 Å². The van der Waals surface area contributed by atoms with E-state index in [1.165, 1.54) is 16.4 Å². The zero-order valence-electron chi connectivity index (χ0n) is 15.7. The summed E-state index contributed by atoms with van der Waals surface area (Å²) in [5.41, 5.74) is 4.93. The molecule has 2 aromatic rings. The number of benzene rings is 2. The number of primary amides is 1. The lowest BCUT2D eigenvalue weighted by atomic mass is 9.76. The molecule has 0 spiro atoms. The Morgan fingerprint density at radius 1 is 1.07 bits per heavy atom. The lowest BCUT2D eigenvalue weighted by Crippen LogP contribution is -2.47. The topological polar surface area (TPSA) is 89.7 Å². The molecule has 6 nitrogen and oxygen atoms in total. The Balaban J connectivity index is 1.73. The Labute approximate surface area is 180 Å². The van der Waals surface area contributed by atoms with Gasteiger partial charge in [0.2, 0.25) is 15.9 Å². The number of carbonyl (C=O) groups excluding carboxylic acids is 1. The molecule has 9 heteroatoms. The Kier molecular flexibility index (Phi) is 6.73. The summed E-state index contributed by atoms with van der Waals surface area (Å²) in [6.07, 6.45) is 1.03. The standard InChI is InChI=1S/C20H22Cl2N2O4S/c21-15-3-1-5-17(11-15)28-14-20(13-19(23)25)7-9-24(10-8-20)29(26,27)18-6-2-4-16(22)12-18/h1-6,11-12H,7-10,13-14H2,(H2,23,25). The highest BCUT2D eigenvalue weighted by molar-refractivity contribution is 7.89. The second-order valence-electron chi connectivity index (χ2n) is 7.25. The second kappa shape index (κ2) is 8.92. The van der Waals surface area contributed by atoms with Crippen molar-refractivity contribution in [3.05, 3.63) is 58.6 Å². The van der Waals surface area contributed by atoms with Gasteiger partial charge in [-0.3, -0.25) is 4.79 Å². The monoisotopic (exact) mass is 456 g/mol. The first-order valence-corrected chi connectivity index (χ1v) is 11.3. The van der Waals surface area contributed by atoms with Gasteiger partial charge in [0.05, 0.1) is 11.5 Å². The lowest BCUT2D eigenvalue weighted by molar-refractivity contribution is -0.121. The average molecular weight is 457 g/mol. The van der Waals surface area contributed by atoms with E-state index in [-0.39, 0.29) is 31.0 Å². The largest absolute Gasteiger partial charge is 0.493 e. The fourth-order valence-electron chi connectivity index (χ4n) is 3.51. The molecule has 156 valence electrons. The van der Waals surface area contributed by atoms with Gasteiger partial charge in [-0.15, -0.1) is 0 Å². The van der Waals surface area contributed by atoms with Crippen LogP contribution in [0, 0.1) is 5.41 Å². The minimum Gasteiger partial charge on any atom is -0.493 e. The fourth-order valence-corrected chi connectivity index (χ4v) is 5.44. The number of amides is 1. The molecule has 0 saturated carbocycles. The lowest BCUT2D eigenvalue weighted by Gasteiger charge is -2.40. The van der Waals surface area contributed by atoms with Crippen LogP contribution in [-0.4, -0.2) is 38.3 Å². The summed E-state index contributed by atoms with van der Waals surface area (Å²) in [5, 5.41) is 0.912. The highest BCUT2D eigenvalue weighted by Gasteiger charge is 2.40. The summed E-state index contributed by atoms with van der Waals surface area (Å²) in [4.78, 5) is 11.8. The van der Waals surface area contributed by atoms with E-state index in [1.54, 1.807) is 36.4 Å². The maximum absolute atomic E-state index is 12.9. The van der Waals surface area contributed by atoms with Gasteiger partial charge in [-0.25, -0.2) is 8.42 Å². The third kappa shape index (κ3) is 5.42. The maximum atomic E-state index is 12.9. The Morgan fingerprint density at radius 2 is 1.69 bits per heavy atom.